The Morgan fingerprint density at radius 1 is 1.47 bits per heavy atom. The van der Waals surface area contributed by atoms with Gasteiger partial charge in [0.15, 0.2) is 5.82 Å². The van der Waals surface area contributed by atoms with Crippen molar-refractivity contribution in [2.24, 2.45) is 5.92 Å². The van der Waals surface area contributed by atoms with Crippen LogP contribution in [0.25, 0.3) is 10.7 Å². The van der Waals surface area contributed by atoms with E-state index in [4.69, 9.17) is 0 Å². The van der Waals surface area contributed by atoms with Crippen LogP contribution in [0.1, 0.15) is 12.2 Å². The van der Waals surface area contributed by atoms with Crippen LogP contribution in [0.15, 0.2) is 15.9 Å². The zero-order valence-electron chi connectivity index (χ0n) is 9.14. The Bertz CT molecular complexity index is 537. The van der Waals surface area contributed by atoms with Crippen molar-refractivity contribution in [2.45, 2.75) is 19.4 Å². The number of nitrogens with zero attached hydrogens (tertiary/aromatic N) is 3. The van der Waals surface area contributed by atoms with Crippen molar-refractivity contribution in [3.63, 3.8) is 0 Å². The summed E-state index contributed by atoms with van der Waals surface area (Å²) in [6, 6.07) is 4.07. The van der Waals surface area contributed by atoms with Gasteiger partial charge >= 0.3 is 0 Å². The molecule has 0 bridgehead atoms. The van der Waals surface area contributed by atoms with Crippen molar-refractivity contribution >= 4 is 27.3 Å². The lowest BCUT2D eigenvalue weighted by molar-refractivity contribution is 0.191. The highest BCUT2D eigenvalue weighted by Gasteiger charge is 2.23. The van der Waals surface area contributed by atoms with Gasteiger partial charge in [-0.05, 0) is 34.5 Å². The minimum Gasteiger partial charge on any atom is -0.396 e. The van der Waals surface area contributed by atoms with Crippen LogP contribution in [0.2, 0.25) is 0 Å². The Labute approximate surface area is 111 Å². The molecule has 1 atom stereocenters. The minimum absolute atomic E-state index is 0.241. The van der Waals surface area contributed by atoms with Gasteiger partial charge in [0.1, 0.15) is 5.82 Å². The first kappa shape index (κ1) is 11.4. The molecule has 0 saturated heterocycles. The molecule has 3 rings (SSSR count). The zero-order valence-corrected chi connectivity index (χ0v) is 11.5. The Kier molecular flexibility index (Phi) is 3.02. The summed E-state index contributed by atoms with van der Waals surface area (Å²) in [5.41, 5.74) is 0. The van der Waals surface area contributed by atoms with E-state index < -0.39 is 0 Å². The Morgan fingerprint density at radius 3 is 3.06 bits per heavy atom. The number of halogens is 1. The van der Waals surface area contributed by atoms with Gasteiger partial charge in [-0.25, -0.2) is 0 Å². The van der Waals surface area contributed by atoms with E-state index in [2.05, 4.69) is 36.8 Å². The van der Waals surface area contributed by atoms with Crippen molar-refractivity contribution in [1.29, 1.82) is 0 Å². The third-order valence-corrected chi connectivity index (χ3v) is 4.72. The standard InChI is InChI=1S/C11H12BrN3OS/c12-9-3-2-8(17-9)11-14-13-10-4-1-7(6-16)5-15(10)11/h2-3,7,16H,1,4-6H2. The van der Waals surface area contributed by atoms with Gasteiger partial charge in [0.2, 0.25) is 0 Å². The van der Waals surface area contributed by atoms with Crippen LogP contribution in [-0.4, -0.2) is 26.5 Å². The molecule has 2 aromatic rings. The summed E-state index contributed by atoms with van der Waals surface area (Å²) < 4.78 is 3.24. The Hall–Kier alpha value is -0.720. The summed E-state index contributed by atoms with van der Waals surface area (Å²) in [6.07, 6.45) is 1.91. The van der Waals surface area contributed by atoms with E-state index >= 15 is 0 Å². The number of hydrogen-bond acceptors (Lipinski definition) is 4. The molecule has 90 valence electrons. The first-order valence-electron chi connectivity index (χ1n) is 5.56. The zero-order chi connectivity index (χ0) is 11.8. The minimum atomic E-state index is 0.241. The molecule has 17 heavy (non-hydrogen) atoms. The largest absolute Gasteiger partial charge is 0.396 e. The second-order valence-electron chi connectivity index (χ2n) is 4.24. The maximum Gasteiger partial charge on any atom is 0.174 e. The summed E-state index contributed by atoms with van der Waals surface area (Å²) in [7, 11) is 0. The monoisotopic (exact) mass is 313 g/mol. The van der Waals surface area contributed by atoms with Gasteiger partial charge in [-0.15, -0.1) is 21.5 Å². The number of fused-ring (bicyclic) bond motifs is 1. The Balaban J connectivity index is 2.00. The third kappa shape index (κ3) is 2.05. The summed E-state index contributed by atoms with van der Waals surface area (Å²) in [5, 5.41) is 17.8. The number of aliphatic hydroxyl groups excluding tert-OH is 1. The molecule has 1 unspecified atom stereocenters. The lowest BCUT2D eigenvalue weighted by atomic mass is 10.0. The molecule has 0 aliphatic carbocycles. The molecule has 2 aromatic heterocycles. The van der Waals surface area contributed by atoms with E-state index in [9.17, 15) is 5.11 Å². The second-order valence-corrected chi connectivity index (χ2v) is 6.70. The molecule has 0 saturated carbocycles. The molecule has 1 N–H and O–H groups in total. The fourth-order valence-corrected chi connectivity index (χ4v) is 3.54. The predicted octanol–water partition coefficient (Wildman–Crippen LogP) is 2.32. The van der Waals surface area contributed by atoms with Gasteiger partial charge in [0.05, 0.1) is 8.66 Å². The first-order chi connectivity index (χ1) is 8.28. The van der Waals surface area contributed by atoms with Gasteiger partial charge in [0.25, 0.3) is 0 Å². The summed E-state index contributed by atoms with van der Waals surface area (Å²) >= 11 is 5.12. The number of rotatable bonds is 2. The van der Waals surface area contributed by atoms with E-state index in [1.54, 1.807) is 11.3 Å². The fraction of sp³-hybridized carbons (Fsp3) is 0.455. The average molecular weight is 314 g/mol. The van der Waals surface area contributed by atoms with Crippen LogP contribution < -0.4 is 0 Å². The summed E-state index contributed by atoms with van der Waals surface area (Å²) in [4.78, 5) is 1.12. The normalized spacial score (nSPS) is 19.3. The molecule has 0 spiro atoms. The van der Waals surface area contributed by atoms with Gasteiger partial charge in [0, 0.05) is 25.5 Å². The molecule has 0 radical (unpaired) electrons. The van der Waals surface area contributed by atoms with Gasteiger partial charge < -0.3 is 9.67 Å². The van der Waals surface area contributed by atoms with Crippen molar-refractivity contribution in [3.05, 3.63) is 21.7 Å². The number of aliphatic hydroxyl groups is 1. The molecule has 0 amide bonds. The summed E-state index contributed by atoms with van der Waals surface area (Å²) in [5.74, 6) is 2.30. The van der Waals surface area contributed by atoms with Crippen LogP contribution in [-0.2, 0) is 13.0 Å². The summed E-state index contributed by atoms with van der Waals surface area (Å²) in [6.45, 7) is 1.06. The third-order valence-electron chi connectivity index (χ3n) is 3.10. The lowest BCUT2D eigenvalue weighted by Gasteiger charge is -2.22. The first-order valence-corrected chi connectivity index (χ1v) is 7.17. The molecule has 1 aliphatic heterocycles. The lowest BCUT2D eigenvalue weighted by Crippen LogP contribution is -2.23. The highest BCUT2D eigenvalue weighted by atomic mass is 79.9. The van der Waals surface area contributed by atoms with Crippen molar-refractivity contribution in [1.82, 2.24) is 14.8 Å². The molecular formula is C11H12BrN3OS. The molecule has 3 heterocycles. The average Bonchev–Trinajstić information content (AvgIpc) is 2.93. The van der Waals surface area contributed by atoms with E-state index in [-0.39, 0.29) is 6.61 Å². The number of hydrogen-bond donors (Lipinski definition) is 1. The van der Waals surface area contributed by atoms with Gasteiger partial charge in [-0.2, -0.15) is 0 Å². The number of aryl methyl sites for hydroxylation is 1. The van der Waals surface area contributed by atoms with E-state index in [1.807, 2.05) is 6.07 Å². The maximum atomic E-state index is 9.26. The van der Waals surface area contributed by atoms with Crippen LogP contribution in [0.3, 0.4) is 0 Å². The van der Waals surface area contributed by atoms with Crippen molar-refractivity contribution in [2.75, 3.05) is 6.61 Å². The van der Waals surface area contributed by atoms with Crippen LogP contribution >= 0.6 is 27.3 Å². The van der Waals surface area contributed by atoms with E-state index in [0.29, 0.717) is 5.92 Å². The highest BCUT2D eigenvalue weighted by Crippen LogP contribution is 2.32. The topological polar surface area (TPSA) is 50.9 Å². The molecular weight excluding hydrogens is 302 g/mol. The number of thiophene rings is 1. The van der Waals surface area contributed by atoms with Crippen molar-refractivity contribution < 1.29 is 5.11 Å². The smallest absolute Gasteiger partial charge is 0.174 e. The quantitative estimate of drug-likeness (QED) is 0.925. The predicted molar refractivity (Wildman–Crippen MR) is 69.9 cm³/mol. The van der Waals surface area contributed by atoms with Gasteiger partial charge in [-0.1, -0.05) is 0 Å². The van der Waals surface area contributed by atoms with Crippen LogP contribution in [0.5, 0.6) is 0 Å². The van der Waals surface area contributed by atoms with E-state index in [1.165, 1.54) is 0 Å². The SMILES string of the molecule is OCC1CCc2nnc(-c3ccc(Br)s3)n2C1. The van der Waals surface area contributed by atoms with E-state index in [0.717, 1.165) is 39.7 Å². The Morgan fingerprint density at radius 2 is 2.35 bits per heavy atom. The highest BCUT2D eigenvalue weighted by molar-refractivity contribution is 9.11. The van der Waals surface area contributed by atoms with Crippen LogP contribution in [0, 0.1) is 5.92 Å². The molecule has 0 fully saturated rings. The maximum absolute atomic E-state index is 9.26. The molecule has 1 aliphatic rings. The number of aromatic nitrogens is 3. The van der Waals surface area contributed by atoms with Gasteiger partial charge in [-0.3, -0.25) is 0 Å². The van der Waals surface area contributed by atoms with Crippen LogP contribution in [0.4, 0.5) is 0 Å². The molecule has 4 nitrogen and oxygen atoms in total. The van der Waals surface area contributed by atoms with Crippen molar-refractivity contribution in [3.8, 4) is 10.7 Å². The fourth-order valence-electron chi connectivity index (χ4n) is 2.16. The second kappa shape index (κ2) is 4.51. The molecule has 0 aromatic carbocycles. The molecule has 6 heteroatoms.